The Morgan fingerprint density at radius 1 is 1.09 bits per heavy atom. The van der Waals surface area contributed by atoms with Gasteiger partial charge >= 0.3 is 0 Å². The van der Waals surface area contributed by atoms with Crippen molar-refractivity contribution in [1.29, 1.82) is 0 Å². The first-order valence-corrected chi connectivity index (χ1v) is 8.78. The van der Waals surface area contributed by atoms with Gasteiger partial charge in [-0.25, -0.2) is 8.42 Å². The van der Waals surface area contributed by atoms with Gasteiger partial charge in [-0.15, -0.1) is 0 Å². The monoisotopic (exact) mass is 315 g/mol. The molecule has 0 aliphatic rings. The minimum absolute atomic E-state index is 0.269. The number of para-hydroxylation sites is 1. The standard InChI is InChI=1S/C18H21NO2S/c1-4-7-15(3)17-8-5-6-9-18(17)19-22(20,21)16-12-10-14(2)11-13-16/h5-13,19H,4H2,1-3H3. The summed E-state index contributed by atoms with van der Waals surface area (Å²) in [5.74, 6) is 0. The summed E-state index contributed by atoms with van der Waals surface area (Å²) in [6.45, 7) is 5.98. The largest absolute Gasteiger partial charge is 0.279 e. The van der Waals surface area contributed by atoms with Crippen LogP contribution in [0.2, 0.25) is 0 Å². The minimum Gasteiger partial charge on any atom is -0.279 e. The molecule has 0 heterocycles. The van der Waals surface area contributed by atoms with E-state index in [0.717, 1.165) is 23.1 Å². The van der Waals surface area contributed by atoms with Crippen molar-refractivity contribution in [3.05, 3.63) is 65.7 Å². The first kappa shape index (κ1) is 16.3. The highest BCUT2D eigenvalue weighted by Crippen LogP contribution is 2.26. The number of anilines is 1. The molecule has 1 N–H and O–H groups in total. The van der Waals surface area contributed by atoms with Crippen molar-refractivity contribution in [2.75, 3.05) is 4.72 Å². The van der Waals surface area contributed by atoms with Crippen molar-refractivity contribution >= 4 is 21.3 Å². The molecule has 0 aromatic heterocycles. The van der Waals surface area contributed by atoms with Gasteiger partial charge in [0.15, 0.2) is 0 Å². The van der Waals surface area contributed by atoms with Gasteiger partial charge in [0.2, 0.25) is 0 Å². The Bertz CT molecular complexity index is 775. The molecule has 0 saturated heterocycles. The summed E-state index contributed by atoms with van der Waals surface area (Å²) < 4.78 is 27.7. The molecule has 0 radical (unpaired) electrons. The molecule has 2 aromatic rings. The van der Waals surface area contributed by atoms with Gasteiger partial charge in [-0.1, -0.05) is 48.9 Å². The fourth-order valence-corrected chi connectivity index (χ4v) is 3.33. The maximum atomic E-state index is 12.5. The van der Waals surface area contributed by atoms with Gasteiger partial charge in [-0.2, -0.15) is 0 Å². The number of hydrogen-bond donors (Lipinski definition) is 1. The van der Waals surface area contributed by atoms with E-state index < -0.39 is 10.0 Å². The lowest BCUT2D eigenvalue weighted by Crippen LogP contribution is -2.14. The molecule has 2 aromatic carbocycles. The number of allylic oxidation sites excluding steroid dienone is 2. The van der Waals surface area contributed by atoms with Crippen LogP contribution in [0.3, 0.4) is 0 Å². The zero-order valence-electron chi connectivity index (χ0n) is 13.1. The zero-order valence-corrected chi connectivity index (χ0v) is 13.9. The summed E-state index contributed by atoms with van der Waals surface area (Å²) >= 11 is 0. The quantitative estimate of drug-likeness (QED) is 0.876. The van der Waals surface area contributed by atoms with Crippen molar-refractivity contribution in [1.82, 2.24) is 0 Å². The fourth-order valence-electron chi connectivity index (χ4n) is 2.25. The maximum absolute atomic E-state index is 12.5. The number of nitrogens with one attached hydrogen (secondary N) is 1. The third-order valence-electron chi connectivity index (χ3n) is 3.44. The molecule has 22 heavy (non-hydrogen) atoms. The Kier molecular flexibility index (Phi) is 5.03. The molecule has 0 fully saturated rings. The molecular formula is C18H21NO2S. The summed E-state index contributed by atoms with van der Waals surface area (Å²) in [6.07, 6.45) is 2.99. The van der Waals surface area contributed by atoms with E-state index in [-0.39, 0.29) is 4.90 Å². The van der Waals surface area contributed by atoms with E-state index in [4.69, 9.17) is 0 Å². The Hall–Kier alpha value is -2.07. The topological polar surface area (TPSA) is 46.2 Å². The summed E-state index contributed by atoms with van der Waals surface area (Å²) in [6, 6.07) is 14.3. The van der Waals surface area contributed by atoms with E-state index in [0.29, 0.717) is 5.69 Å². The van der Waals surface area contributed by atoms with Crippen molar-refractivity contribution in [3.8, 4) is 0 Å². The van der Waals surface area contributed by atoms with Gasteiger partial charge in [-0.3, -0.25) is 4.72 Å². The third-order valence-corrected chi connectivity index (χ3v) is 4.82. The van der Waals surface area contributed by atoms with Gasteiger partial charge < -0.3 is 0 Å². The lowest BCUT2D eigenvalue weighted by molar-refractivity contribution is 0.601. The highest BCUT2D eigenvalue weighted by Gasteiger charge is 2.15. The van der Waals surface area contributed by atoms with Gasteiger partial charge in [0, 0.05) is 5.56 Å². The predicted octanol–water partition coefficient (Wildman–Crippen LogP) is 4.61. The summed E-state index contributed by atoms with van der Waals surface area (Å²) in [4.78, 5) is 0.269. The Morgan fingerprint density at radius 3 is 2.36 bits per heavy atom. The zero-order chi connectivity index (χ0) is 16.2. The van der Waals surface area contributed by atoms with E-state index >= 15 is 0 Å². The average molecular weight is 315 g/mol. The first-order valence-electron chi connectivity index (χ1n) is 7.29. The smallest absolute Gasteiger partial charge is 0.261 e. The molecule has 0 aliphatic heterocycles. The molecule has 0 saturated carbocycles. The van der Waals surface area contributed by atoms with Crippen molar-refractivity contribution in [3.63, 3.8) is 0 Å². The molecule has 0 spiro atoms. The molecule has 0 aliphatic carbocycles. The van der Waals surface area contributed by atoms with Crippen LogP contribution in [0.25, 0.3) is 5.57 Å². The number of hydrogen-bond acceptors (Lipinski definition) is 2. The molecule has 2 rings (SSSR count). The lowest BCUT2D eigenvalue weighted by Gasteiger charge is -2.13. The second-order valence-corrected chi connectivity index (χ2v) is 6.94. The summed E-state index contributed by atoms with van der Waals surface area (Å²) in [5, 5.41) is 0. The fraction of sp³-hybridized carbons (Fsp3) is 0.222. The van der Waals surface area contributed by atoms with Gasteiger partial charge in [0.05, 0.1) is 10.6 Å². The predicted molar refractivity (Wildman–Crippen MR) is 92.4 cm³/mol. The second-order valence-electron chi connectivity index (χ2n) is 5.26. The Balaban J connectivity index is 2.38. The highest BCUT2D eigenvalue weighted by atomic mass is 32.2. The molecule has 116 valence electrons. The van der Waals surface area contributed by atoms with E-state index in [1.54, 1.807) is 30.3 Å². The maximum Gasteiger partial charge on any atom is 0.261 e. The van der Waals surface area contributed by atoms with Crippen LogP contribution in [0.4, 0.5) is 5.69 Å². The van der Waals surface area contributed by atoms with E-state index in [1.165, 1.54) is 0 Å². The minimum atomic E-state index is -3.58. The number of rotatable bonds is 5. The molecule has 0 unspecified atom stereocenters. The molecular weight excluding hydrogens is 294 g/mol. The SMILES string of the molecule is CCC=C(C)c1ccccc1NS(=O)(=O)c1ccc(C)cc1. The molecule has 3 nitrogen and oxygen atoms in total. The highest BCUT2D eigenvalue weighted by molar-refractivity contribution is 7.92. The Labute approximate surface area is 132 Å². The molecule has 0 amide bonds. The lowest BCUT2D eigenvalue weighted by atomic mass is 10.0. The van der Waals surface area contributed by atoms with E-state index in [9.17, 15) is 8.42 Å². The van der Waals surface area contributed by atoms with E-state index in [2.05, 4.69) is 17.7 Å². The van der Waals surface area contributed by atoms with E-state index in [1.807, 2.05) is 32.0 Å². The summed E-state index contributed by atoms with van der Waals surface area (Å²) in [7, 11) is -3.58. The van der Waals surface area contributed by atoms with Gasteiger partial charge in [0.1, 0.15) is 0 Å². The van der Waals surface area contributed by atoms with Crippen LogP contribution in [0.15, 0.2) is 59.5 Å². The normalized spacial score (nSPS) is 12.2. The molecule has 0 bridgehead atoms. The van der Waals surface area contributed by atoms with Crippen LogP contribution in [0.5, 0.6) is 0 Å². The van der Waals surface area contributed by atoms with Crippen LogP contribution in [-0.4, -0.2) is 8.42 Å². The van der Waals surface area contributed by atoms with Crippen LogP contribution in [0, 0.1) is 6.92 Å². The number of benzene rings is 2. The molecule has 0 atom stereocenters. The van der Waals surface area contributed by atoms with Crippen molar-refractivity contribution in [2.24, 2.45) is 0 Å². The van der Waals surface area contributed by atoms with Crippen molar-refractivity contribution < 1.29 is 8.42 Å². The second kappa shape index (κ2) is 6.79. The van der Waals surface area contributed by atoms with Gasteiger partial charge in [0.25, 0.3) is 10.0 Å². The number of sulfonamides is 1. The van der Waals surface area contributed by atoms with Crippen LogP contribution in [-0.2, 0) is 10.0 Å². The van der Waals surface area contributed by atoms with Crippen LogP contribution >= 0.6 is 0 Å². The first-order chi connectivity index (χ1) is 10.4. The van der Waals surface area contributed by atoms with Crippen LogP contribution < -0.4 is 4.72 Å². The summed E-state index contributed by atoms with van der Waals surface area (Å²) in [5.41, 5.74) is 3.59. The van der Waals surface area contributed by atoms with Gasteiger partial charge in [-0.05, 0) is 44.0 Å². The molecule has 4 heteroatoms. The van der Waals surface area contributed by atoms with Crippen molar-refractivity contribution in [2.45, 2.75) is 32.1 Å². The Morgan fingerprint density at radius 2 is 1.73 bits per heavy atom. The van der Waals surface area contributed by atoms with Crippen LogP contribution in [0.1, 0.15) is 31.4 Å². The average Bonchev–Trinajstić information content (AvgIpc) is 2.48. The third kappa shape index (κ3) is 3.77. The number of aryl methyl sites for hydroxylation is 1.